The minimum Gasteiger partial charge on any atom is -0.312 e. The summed E-state index contributed by atoms with van der Waals surface area (Å²) in [5, 5.41) is 4.15. The summed E-state index contributed by atoms with van der Waals surface area (Å²) in [5.41, 5.74) is 2.79. The van der Waals surface area contributed by atoms with Gasteiger partial charge in [0.2, 0.25) is 0 Å². The lowest BCUT2D eigenvalue weighted by Gasteiger charge is -2.16. The van der Waals surface area contributed by atoms with Crippen molar-refractivity contribution in [3.8, 4) is 0 Å². The first-order chi connectivity index (χ1) is 5.36. The van der Waals surface area contributed by atoms with Crippen LogP contribution in [0.3, 0.4) is 0 Å². The van der Waals surface area contributed by atoms with Gasteiger partial charge < -0.3 is 5.32 Å². The molecule has 1 aliphatic rings. The van der Waals surface area contributed by atoms with Gasteiger partial charge in [0, 0.05) is 11.6 Å². The highest BCUT2D eigenvalue weighted by Gasteiger charge is 2.07. The van der Waals surface area contributed by atoms with Crippen molar-refractivity contribution < 1.29 is 0 Å². The number of rotatable bonds is 0. The molecule has 0 atom stereocenters. The number of fused-ring (bicyclic) bond motifs is 1. The molecule has 0 aromatic heterocycles. The molecular weight excluding hydrogens is 193 g/mol. The molecule has 1 aromatic carbocycles. The number of hydrogen-bond donors (Lipinski definition) is 1. The maximum absolute atomic E-state index is 5.85. The zero-order valence-electron chi connectivity index (χ0n) is 6.64. The highest BCUT2D eigenvalue weighted by atomic mass is 35.5. The molecule has 0 bridgehead atoms. The first-order valence-electron chi connectivity index (χ1n) is 3.84. The Morgan fingerprint density at radius 2 is 2.08 bits per heavy atom. The molecule has 0 saturated carbocycles. The second-order valence-electron chi connectivity index (χ2n) is 2.84. The van der Waals surface area contributed by atoms with E-state index in [-0.39, 0.29) is 12.4 Å². The lowest BCUT2D eigenvalue weighted by Crippen LogP contribution is -2.23. The van der Waals surface area contributed by atoms with E-state index < -0.39 is 0 Å². The van der Waals surface area contributed by atoms with E-state index >= 15 is 0 Å². The van der Waals surface area contributed by atoms with E-state index in [1.165, 1.54) is 11.1 Å². The van der Waals surface area contributed by atoms with E-state index in [2.05, 4.69) is 11.4 Å². The number of nitrogens with one attached hydrogen (secondary N) is 1. The van der Waals surface area contributed by atoms with Crippen LogP contribution in [0.25, 0.3) is 0 Å². The molecule has 0 radical (unpaired) electrons. The molecule has 1 N–H and O–H groups in total. The summed E-state index contributed by atoms with van der Waals surface area (Å²) in [6.45, 7) is 2.06. The first kappa shape index (κ1) is 9.85. The maximum Gasteiger partial charge on any atom is 0.0409 e. The van der Waals surface area contributed by atoms with Crippen LogP contribution in [0.1, 0.15) is 11.1 Å². The van der Waals surface area contributed by atoms with Crippen molar-refractivity contribution in [2.24, 2.45) is 0 Å². The fourth-order valence-electron chi connectivity index (χ4n) is 1.45. The Balaban J connectivity index is 0.000000720. The Bertz CT molecular complexity index is 273. The Labute approximate surface area is 83.5 Å². The van der Waals surface area contributed by atoms with Crippen molar-refractivity contribution in [3.63, 3.8) is 0 Å². The molecule has 2 rings (SSSR count). The van der Waals surface area contributed by atoms with Crippen LogP contribution in [0.5, 0.6) is 0 Å². The van der Waals surface area contributed by atoms with Gasteiger partial charge in [0.05, 0.1) is 0 Å². The largest absolute Gasteiger partial charge is 0.312 e. The first-order valence-corrected chi connectivity index (χ1v) is 4.22. The minimum absolute atomic E-state index is 0. The maximum atomic E-state index is 5.85. The van der Waals surface area contributed by atoms with Crippen LogP contribution in [0.2, 0.25) is 5.02 Å². The predicted octanol–water partition coefficient (Wildman–Crippen LogP) is 2.41. The van der Waals surface area contributed by atoms with Crippen molar-refractivity contribution in [2.45, 2.75) is 13.0 Å². The normalized spacial score (nSPS) is 14.8. The average molecular weight is 204 g/mol. The van der Waals surface area contributed by atoms with Crippen molar-refractivity contribution in [1.29, 1.82) is 0 Å². The highest BCUT2D eigenvalue weighted by Crippen LogP contribution is 2.18. The van der Waals surface area contributed by atoms with Gasteiger partial charge in [-0.1, -0.05) is 17.7 Å². The minimum atomic E-state index is 0. The molecule has 0 amide bonds. The van der Waals surface area contributed by atoms with Crippen LogP contribution in [0.15, 0.2) is 18.2 Å². The third-order valence-electron chi connectivity index (χ3n) is 2.05. The molecule has 1 nitrogen and oxygen atoms in total. The van der Waals surface area contributed by atoms with Crippen molar-refractivity contribution >= 4 is 24.0 Å². The van der Waals surface area contributed by atoms with Gasteiger partial charge in [-0.25, -0.2) is 0 Å². The zero-order chi connectivity index (χ0) is 7.68. The van der Waals surface area contributed by atoms with Gasteiger partial charge in [0.15, 0.2) is 0 Å². The van der Waals surface area contributed by atoms with Crippen LogP contribution in [0.4, 0.5) is 0 Å². The Morgan fingerprint density at radius 1 is 1.25 bits per heavy atom. The molecule has 0 unspecified atom stereocenters. The number of benzene rings is 1. The molecule has 0 spiro atoms. The van der Waals surface area contributed by atoms with Crippen molar-refractivity contribution in [1.82, 2.24) is 5.32 Å². The van der Waals surface area contributed by atoms with Gasteiger partial charge in [-0.15, -0.1) is 12.4 Å². The summed E-state index contributed by atoms with van der Waals surface area (Å²) in [6, 6.07) is 6.13. The zero-order valence-corrected chi connectivity index (χ0v) is 8.21. The fourth-order valence-corrected chi connectivity index (χ4v) is 1.64. The summed E-state index contributed by atoms with van der Waals surface area (Å²) in [7, 11) is 0. The van der Waals surface area contributed by atoms with Crippen molar-refractivity contribution in [2.75, 3.05) is 6.54 Å². The molecular formula is C9H11Cl2N. The van der Waals surface area contributed by atoms with E-state index in [1.54, 1.807) is 0 Å². The van der Waals surface area contributed by atoms with Crippen LogP contribution in [-0.2, 0) is 13.0 Å². The topological polar surface area (TPSA) is 12.0 Å². The Kier molecular flexibility index (Phi) is 3.39. The van der Waals surface area contributed by atoms with Gasteiger partial charge in [-0.3, -0.25) is 0 Å². The third-order valence-corrected chi connectivity index (χ3v) is 2.29. The van der Waals surface area contributed by atoms with Gasteiger partial charge in [0.25, 0.3) is 0 Å². The van der Waals surface area contributed by atoms with Crippen LogP contribution in [-0.4, -0.2) is 6.54 Å². The Hall–Kier alpha value is -0.240. The lowest BCUT2D eigenvalue weighted by atomic mass is 10.0. The molecule has 1 aliphatic heterocycles. The second-order valence-corrected chi connectivity index (χ2v) is 3.28. The summed E-state index contributed by atoms with van der Waals surface area (Å²) < 4.78 is 0. The number of halogens is 2. The number of hydrogen-bond acceptors (Lipinski definition) is 1. The van der Waals surface area contributed by atoms with Gasteiger partial charge in [-0.2, -0.15) is 0 Å². The molecule has 1 heterocycles. The molecule has 0 aliphatic carbocycles. The predicted molar refractivity (Wildman–Crippen MR) is 54.1 cm³/mol. The van der Waals surface area contributed by atoms with E-state index in [0.29, 0.717) is 0 Å². The van der Waals surface area contributed by atoms with Crippen LogP contribution >= 0.6 is 24.0 Å². The fraction of sp³-hybridized carbons (Fsp3) is 0.333. The summed E-state index contributed by atoms with van der Waals surface area (Å²) >= 11 is 5.85. The summed E-state index contributed by atoms with van der Waals surface area (Å²) in [4.78, 5) is 0. The van der Waals surface area contributed by atoms with E-state index in [9.17, 15) is 0 Å². The van der Waals surface area contributed by atoms with E-state index in [0.717, 1.165) is 24.5 Å². The average Bonchev–Trinajstić information content (AvgIpc) is 2.04. The Morgan fingerprint density at radius 3 is 2.92 bits per heavy atom. The summed E-state index contributed by atoms with van der Waals surface area (Å²) in [6.07, 6.45) is 1.13. The van der Waals surface area contributed by atoms with E-state index in [4.69, 9.17) is 11.6 Å². The monoisotopic (exact) mass is 203 g/mol. The molecule has 1 aromatic rings. The molecule has 0 saturated heterocycles. The molecule has 3 heteroatoms. The van der Waals surface area contributed by atoms with Crippen LogP contribution < -0.4 is 5.32 Å². The molecule has 66 valence electrons. The second kappa shape index (κ2) is 4.13. The van der Waals surface area contributed by atoms with E-state index in [1.807, 2.05) is 12.1 Å². The smallest absolute Gasteiger partial charge is 0.0409 e. The van der Waals surface area contributed by atoms with Crippen LogP contribution in [0, 0.1) is 0 Å². The summed E-state index contributed by atoms with van der Waals surface area (Å²) in [5.74, 6) is 0. The third kappa shape index (κ3) is 1.92. The molecule has 0 fully saturated rings. The quantitative estimate of drug-likeness (QED) is 0.684. The molecule has 12 heavy (non-hydrogen) atoms. The highest BCUT2D eigenvalue weighted by molar-refractivity contribution is 6.30. The standard InChI is InChI=1S/C9H10ClN.ClH/c10-9-2-1-7-3-4-11-6-8(7)5-9;/h1-2,5,11H,3-4,6H2;1H. The lowest BCUT2D eigenvalue weighted by molar-refractivity contribution is 0.644. The SMILES string of the molecule is Cl.Clc1ccc2c(c1)CNCC2. The van der Waals surface area contributed by atoms with Gasteiger partial charge in [-0.05, 0) is 36.2 Å². The van der Waals surface area contributed by atoms with Gasteiger partial charge in [0.1, 0.15) is 0 Å². The van der Waals surface area contributed by atoms with Crippen molar-refractivity contribution in [3.05, 3.63) is 34.3 Å². The van der Waals surface area contributed by atoms with Gasteiger partial charge >= 0.3 is 0 Å².